The summed E-state index contributed by atoms with van der Waals surface area (Å²) in [7, 11) is -1.91. The van der Waals surface area contributed by atoms with Gasteiger partial charge in [-0.05, 0) is 24.3 Å². The normalized spacial score (nSPS) is 11.0. The lowest BCUT2D eigenvalue weighted by molar-refractivity contribution is 0.480. The Morgan fingerprint density at radius 2 is 1.73 bits per heavy atom. The van der Waals surface area contributed by atoms with Crippen LogP contribution in [0.1, 0.15) is 5.56 Å². The van der Waals surface area contributed by atoms with E-state index in [9.17, 15) is 18.0 Å². The summed E-state index contributed by atoms with van der Waals surface area (Å²) in [6.07, 6.45) is 0.906. The Hall–Kier alpha value is -2.86. The number of hydrogen-bond acceptors (Lipinski definition) is 6. The molecule has 1 aromatic heterocycles. The molecule has 0 radical (unpaired) electrons. The molecule has 114 valence electrons. The highest BCUT2D eigenvalue weighted by atomic mass is 32.2. The van der Waals surface area contributed by atoms with Crippen LogP contribution in [0.15, 0.2) is 44.9 Å². The number of aryl methyl sites for hydroxylation is 1. The zero-order valence-electron chi connectivity index (χ0n) is 11.7. The SMILES string of the molecule is Cn1cc(S(=O)(=O)Oc2ccc(C#N)cc2)c(=O)n(C)c1=O. The zero-order valence-corrected chi connectivity index (χ0v) is 12.5. The lowest BCUT2D eigenvalue weighted by Gasteiger charge is -2.09. The minimum atomic E-state index is -4.40. The Morgan fingerprint density at radius 1 is 1.14 bits per heavy atom. The van der Waals surface area contributed by atoms with Crippen LogP contribution < -0.4 is 15.4 Å². The van der Waals surface area contributed by atoms with E-state index < -0.39 is 26.3 Å². The van der Waals surface area contributed by atoms with E-state index in [1.54, 1.807) is 0 Å². The molecule has 0 unspecified atom stereocenters. The van der Waals surface area contributed by atoms with Gasteiger partial charge in [-0.3, -0.25) is 9.36 Å². The van der Waals surface area contributed by atoms with E-state index in [0.29, 0.717) is 10.1 Å². The van der Waals surface area contributed by atoms with Crippen LogP contribution in [0, 0.1) is 11.3 Å². The minimum absolute atomic E-state index is 0.0464. The number of hydrogen-bond donors (Lipinski definition) is 0. The van der Waals surface area contributed by atoms with Crippen molar-refractivity contribution in [2.45, 2.75) is 4.90 Å². The first kappa shape index (κ1) is 15.5. The van der Waals surface area contributed by atoms with Crippen molar-refractivity contribution in [3.8, 4) is 11.8 Å². The van der Waals surface area contributed by atoms with Crippen LogP contribution in [0.5, 0.6) is 5.75 Å². The van der Waals surface area contributed by atoms with Gasteiger partial charge in [0, 0.05) is 20.3 Å². The maximum Gasteiger partial charge on any atom is 0.346 e. The molecule has 0 atom stereocenters. The van der Waals surface area contributed by atoms with Gasteiger partial charge in [-0.2, -0.15) is 13.7 Å². The van der Waals surface area contributed by atoms with E-state index in [1.807, 2.05) is 6.07 Å². The Labute approximate surface area is 125 Å². The van der Waals surface area contributed by atoms with Gasteiger partial charge in [-0.25, -0.2) is 4.79 Å². The molecule has 8 nitrogen and oxygen atoms in total. The summed E-state index contributed by atoms with van der Waals surface area (Å²) in [5.74, 6) is -0.0464. The average Bonchev–Trinajstić information content (AvgIpc) is 2.49. The maximum atomic E-state index is 12.2. The molecule has 0 spiro atoms. The molecule has 0 fully saturated rings. The molecule has 0 N–H and O–H groups in total. The molecule has 22 heavy (non-hydrogen) atoms. The summed E-state index contributed by atoms with van der Waals surface area (Å²) < 4.78 is 30.8. The summed E-state index contributed by atoms with van der Waals surface area (Å²) in [6.45, 7) is 0. The molecular weight excluding hydrogens is 310 g/mol. The topological polar surface area (TPSA) is 111 Å². The van der Waals surface area contributed by atoms with Crippen LogP contribution in [0.4, 0.5) is 0 Å². The van der Waals surface area contributed by atoms with Gasteiger partial charge in [0.1, 0.15) is 5.75 Å². The van der Waals surface area contributed by atoms with Crippen molar-refractivity contribution in [2.75, 3.05) is 0 Å². The first-order chi connectivity index (χ1) is 10.3. The van der Waals surface area contributed by atoms with Crippen molar-refractivity contribution in [1.29, 1.82) is 5.26 Å². The Balaban J connectivity index is 2.50. The number of benzene rings is 1. The highest BCUT2D eigenvalue weighted by Crippen LogP contribution is 2.16. The number of rotatable bonds is 3. The van der Waals surface area contributed by atoms with E-state index in [-0.39, 0.29) is 5.75 Å². The van der Waals surface area contributed by atoms with Gasteiger partial charge in [0.2, 0.25) is 0 Å². The molecule has 2 rings (SSSR count). The van der Waals surface area contributed by atoms with Crippen molar-refractivity contribution in [3.05, 3.63) is 56.9 Å². The third-order valence-electron chi connectivity index (χ3n) is 2.87. The second-order valence-corrected chi connectivity index (χ2v) is 5.94. The minimum Gasteiger partial charge on any atom is -0.379 e. The van der Waals surface area contributed by atoms with E-state index in [1.165, 1.54) is 38.4 Å². The predicted octanol–water partition coefficient (Wildman–Crippen LogP) is -0.277. The van der Waals surface area contributed by atoms with Crippen LogP contribution in [-0.4, -0.2) is 17.6 Å². The van der Waals surface area contributed by atoms with Gasteiger partial charge in [-0.1, -0.05) is 0 Å². The third-order valence-corrected chi connectivity index (χ3v) is 4.10. The average molecular weight is 321 g/mol. The first-order valence-corrected chi connectivity index (χ1v) is 7.38. The summed E-state index contributed by atoms with van der Waals surface area (Å²) in [5.41, 5.74) is -1.29. The Bertz CT molecular complexity index is 978. The van der Waals surface area contributed by atoms with E-state index in [4.69, 9.17) is 9.44 Å². The molecule has 0 aliphatic carbocycles. The highest BCUT2D eigenvalue weighted by molar-refractivity contribution is 7.87. The van der Waals surface area contributed by atoms with Crippen molar-refractivity contribution < 1.29 is 12.6 Å². The van der Waals surface area contributed by atoms with E-state index in [2.05, 4.69) is 0 Å². The first-order valence-electron chi connectivity index (χ1n) is 5.97. The molecular formula is C13H11N3O5S. The van der Waals surface area contributed by atoms with E-state index in [0.717, 1.165) is 10.8 Å². The summed E-state index contributed by atoms with van der Waals surface area (Å²) in [6, 6.07) is 7.23. The second-order valence-electron chi connectivity index (χ2n) is 4.42. The van der Waals surface area contributed by atoms with E-state index >= 15 is 0 Å². The fourth-order valence-electron chi connectivity index (χ4n) is 1.70. The Kier molecular flexibility index (Phi) is 3.88. The third kappa shape index (κ3) is 2.77. The predicted molar refractivity (Wildman–Crippen MR) is 75.9 cm³/mol. The molecule has 1 heterocycles. The fourth-order valence-corrected chi connectivity index (χ4v) is 2.80. The van der Waals surface area contributed by atoms with Crippen molar-refractivity contribution >= 4 is 10.1 Å². The van der Waals surface area contributed by atoms with Gasteiger partial charge in [0.05, 0.1) is 11.6 Å². The molecule has 0 amide bonds. The molecule has 0 saturated heterocycles. The van der Waals surface area contributed by atoms with Gasteiger partial charge in [0.15, 0.2) is 4.90 Å². The standard InChI is InChI=1S/C13H11N3O5S/c1-15-8-11(12(17)16(2)13(15)18)22(19,20)21-10-5-3-9(7-14)4-6-10/h3-6,8H,1-2H3. The van der Waals surface area contributed by atoms with Gasteiger partial charge in [-0.15, -0.1) is 0 Å². The Morgan fingerprint density at radius 3 is 2.27 bits per heavy atom. The van der Waals surface area contributed by atoms with Crippen molar-refractivity contribution in [3.63, 3.8) is 0 Å². The molecule has 0 aliphatic rings. The highest BCUT2D eigenvalue weighted by Gasteiger charge is 2.23. The van der Waals surface area contributed by atoms with Crippen LogP contribution in [0.2, 0.25) is 0 Å². The number of nitriles is 1. The van der Waals surface area contributed by atoms with Gasteiger partial charge in [0.25, 0.3) is 5.56 Å². The number of aromatic nitrogens is 2. The summed E-state index contributed by atoms with van der Waals surface area (Å²) in [4.78, 5) is 22.8. The quantitative estimate of drug-likeness (QED) is 0.719. The molecule has 0 aliphatic heterocycles. The van der Waals surface area contributed by atoms with Crippen LogP contribution >= 0.6 is 0 Å². The lowest BCUT2D eigenvalue weighted by atomic mass is 10.2. The smallest absolute Gasteiger partial charge is 0.346 e. The molecule has 0 saturated carbocycles. The molecule has 0 bridgehead atoms. The monoisotopic (exact) mass is 321 g/mol. The van der Waals surface area contributed by atoms with Gasteiger partial charge < -0.3 is 8.75 Å². The maximum absolute atomic E-state index is 12.2. The molecule has 2 aromatic rings. The molecule has 1 aromatic carbocycles. The summed E-state index contributed by atoms with van der Waals surface area (Å²) in [5, 5.41) is 8.68. The van der Waals surface area contributed by atoms with Crippen LogP contribution in [0.25, 0.3) is 0 Å². The van der Waals surface area contributed by atoms with Crippen LogP contribution in [0.3, 0.4) is 0 Å². The molecule has 9 heteroatoms. The van der Waals surface area contributed by atoms with Crippen LogP contribution in [-0.2, 0) is 24.2 Å². The van der Waals surface area contributed by atoms with Crippen molar-refractivity contribution in [1.82, 2.24) is 9.13 Å². The number of nitrogens with zero attached hydrogens (tertiary/aromatic N) is 3. The lowest BCUT2D eigenvalue weighted by Crippen LogP contribution is -2.39. The second kappa shape index (κ2) is 5.50. The van der Waals surface area contributed by atoms with Gasteiger partial charge >= 0.3 is 15.8 Å². The summed E-state index contributed by atoms with van der Waals surface area (Å²) >= 11 is 0. The fraction of sp³-hybridized carbons (Fsp3) is 0.154. The largest absolute Gasteiger partial charge is 0.379 e. The van der Waals surface area contributed by atoms with Crippen molar-refractivity contribution in [2.24, 2.45) is 14.1 Å². The zero-order chi connectivity index (χ0) is 16.5.